The fourth-order valence-electron chi connectivity index (χ4n) is 0.459. The Labute approximate surface area is 85.6 Å². The molecule has 15 heavy (non-hydrogen) atoms. The maximum Gasteiger partial charge on any atom is 0.409 e. The molecular weight excluding hydrogens is 243 g/mol. The first-order chi connectivity index (χ1) is 6.64. The minimum Gasteiger partial charge on any atom is -0.392 e. The molecule has 0 aromatic rings. The number of hydrogen-bond acceptors (Lipinski definition) is 9. The van der Waals surface area contributed by atoms with E-state index in [0.717, 1.165) is 0 Å². The van der Waals surface area contributed by atoms with Crippen LogP contribution in [-0.2, 0) is 9.68 Å². The Morgan fingerprint density at radius 1 is 1.20 bits per heavy atom. The van der Waals surface area contributed by atoms with E-state index in [2.05, 4.69) is 9.68 Å². The molecule has 0 saturated carbocycles. The van der Waals surface area contributed by atoms with Crippen molar-refractivity contribution in [1.82, 2.24) is 0 Å². The largest absolute Gasteiger partial charge is 0.409 e. The van der Waals surface area contributed by atoms with Crippen molar-refractivity contribution in [3.8, 4) is 0 Å². The molecule has 0 bridgehead atoms. The van der Waals surface area contributed by atoms with Crippen LogP contribution in [0.3, 0.4) is 0 Å². The van der Waals surface area contributed by atoms with Crippen LogP contribution in [0.2, 0.25) is 0 Å². The SMILES string of the molecule is O=[N+]([O-])OC(O)(O[N+](=O)[O-])C(O)(Cl)CO. The van der Waals surface area contributed by atoms with Crippen molar-refractivity contribution < 1.29 is 35.2 Å². The molecule has 0 saturated heterocycles. The zero-order chi connectivity index (χ0) is 12.3. The van der Waals surface area contributed by atoms with Crippen LogP contribution in [0, 0.1) is 20.2 Å². The summed E-state index contributed by atoms with van der Waals surface area (Å²) >= 11 is 4.91. The average Bonchev–Trinajstić information content (AvgIpc) is 2.00. The summed E-state index contributed by atoms with van der Waals surface area (Å²) in [5, 5.41) is 39.3. The first kappa shape index (κ1) is 13.6. The lowest BCUT2D eigenvalue weighted by Gasteiger charge is -2.32. The van der Waals surface area contributed by atoms with Crippen LogP contribution in [0.5, 0.6) is 0 Å². The molecule has 0 aliphatic rings. The Kier molecular flexibility index (Phi) is 3.97. The molecule has 0 aromatic carbocycles. The summed E-state index contributed by atoms with van der Waals surface area (Å²) in [6, 6.07) is 0. The van der Waals surface area contributed by atoms with Gasteiger partial charge < -0.3 is 15.3 Å². The zero-order valence-corrected chi connectivity index (χ0v) is 7.53. The van der Waals surface area contributed by atoms with Crippen molar-refractivity contribution in [3.05, 3.63) is 20.2 Å². The summed E-state index contributed by atoms with van der Waals surface area (Å²) in [5.74, 6) is -3.84. The van der Waals surface area contributed by atoms with Crippen molar-refractivity contribution in [2.75, 3.05) is 6.61 Å². The summed E-state index contributed by atoms with van der Waals surface area (Å²) < 4.78 is 0. The molecule has 0 amide bonds. The number of rotatable bonds is 6. The molecule has 0 spiro atoms. The van der Waals surface area contributed by atoms with Gasteiger partial charge in [-0.15, -0.1) is 20.2 Å². The van der Waals surface area contributed by atoms with E-state index < -0.39 is 27.8 Å². The molecular formula is C3H5ClN2O9. The quantitative estimate of drug-likeness (QED) is 0.208. The van der Waals surface area contributed by atoms with E-state index in [4.69, 9.17) is 26.9 Å². The van der Waals surface area contributed by atoms with Gasteiger partial charge in [-0.05, 0) is 0 Å². The first-order valence-electron chi connectivity index (χ1n) is 3.06. The van der Waals surface area contributed by atoms with Crippen LogP contribution < -0.4 is 0 Å². The lowest BCUT2D eigenvalue weighted by Crippen LogP contribution is -2.58. The second kappa shape index (κ2) is 4.39. The highest BCUT2D eigenvalue weighted by Gasteiger charge is 2.56. The van der Waals surface area contributed by atoms with Gasteiger partial charge in [0.2, 0.25) is 5.06 Å². The standard InChI is InChI=1S/C3H5ClN2O9/c4-2(8,1-7)3(9,14-5(10)11)15-6(12)13/h7-9H,1H2. The van der Waals surface area contributed by atoms with Crippen LogP contribution in [-0.4, -0.2) is 43.1 Å². The van der Waals surface area contributed by atoms with Crippen LogP contribution in [0.25, 0.3) is 0 Å². The molecule has 0 heterocycles. The highest BCUT2D eigenvalue weighted by Crippen LogP contribution is 2.29. The number of nitrogens with zero attached hydrogens (tertiary/aromatic N) is 2. The highest BCUT2D eigenvalue weighted by atomic mass is 35.5. The van der Waals surface area contributed by atoms with Crippen LogP contribution in [0.1, 0.15) is 0 Å². The predicted octanol–water partition coefficient (Wildman–Crippen LogP) is -2.03. The molecule has 0 aliphatic heterocycles. The van der Waals surface area contributed by atoms with E-state index in [1.807, 2.05) is 0 Å². The normalized spacial score (nSPS) is 15.2. The summed E-state index contributed by atoms with van der Waals surface area (Å²) in [4.78, 5) is 26.2. The number of halogens is 1. The zero-order valence-electron chi connectivity index (χ0n) is 6.77. The van der Waals surface area contributed by atoms with Gasteiger partial charge >= 0.3 is 5.97 Å². The van der Waals surface area contributed by atoms with Gasteiger partial charge in [0, 0.05) is 0 Å². The van der Waals surface area contributed by atoms with E-state index in [9.17, 15) is 20.2 Å². The molecule has 0 aromatic heterocycles. The minimum absolute atomic E-state index is 1.51. The molecule has 0 radical (unpaired) electrons. The Morgan fingerprint density at radius 2 is 1.53 bits per heavy atom. The highest BCUT2D eigenvalue weighted by molar-refractivity contribution is 6.23. The van der Waals surface area contributed by atoms with Gasteiger partial charge in [-0.3, -0.25) is 0 Å². The average molecular weight is 249 g/mol. The Hall–Kier alpha value is -1.43. The monoisotopic (exact) mass is 248 g/mol. The molecule has 3 N–H and O–H groups in total. The van der Waals surface area contributed by atoms with Crippen LogP contribution in [0.15, 0.2) is 0 Å². The maximum atomic E-state index is 9.83. The van der Waals surface area contributed by atoms with Crippen LogP contribution >= 0.6 is 11.6 Å². The summed E-state index contributed by atoms with van der Waals surface area (Å²) in [5.41, 5.74) is 0. The maximum absolute atomic E-state index is 9.83. The van der Waals surface area contributed by atoms with E-state index in [0.29, 0.717) is 0 Å². The van der Waals surface area contributed by atoms with Crippen molar-refractivity contribution in [2.24, 2.45) is 0 Å². The van der Waals surface area contributed by atoms with Gasteiger partial charge in [-0.2, -0.15) is 0 Å². The second-order valence-corrected chi connectivity index (χ2v) is 2.75. The third kappa shape index (κ3) is 3.32. The van der Waals surface area contributed by atoms with Gasteiger partial charge in [0.1, 0.15) is 0 Å². The van der Waals surface area contributed by atoms with Crippen LogP contribution in [0.4, 0.5) is 0 Å². The summed E-state index contributed by atoms with van der Waals surface area (Å²) in [7, 11) is 0. The van der Waals surface area contributed by atoms with E-state index in [-0.39, 0.29) is 0 Å². The van der Waals surface area contributed by atoms with Gasteiger partial charge in [0.05, 0.1) is 6.61 Å². The number of alkyl halides is 1. The summed E-state index contributed by atoms with van der Waals surface area (Å²) in [6.07, 6.45) is 0. The lowest BCUT2D eigenvalue weighted by molar-refractivity contribution is -0.900. The number of aliphatic hydroxyl groups is 3. The summed E-state index contributed by atoms with van der Waals surface area (Å²) in [6.45, 7) is -1.51. The van der Waals surface area contributed by atoms with Gasteiger partial charge in [-0.25, -0.2) is 9.68 Å². The molecule has 0 rings (SSSR count). The first-order valence-corrected chi connectivity index (χ1v) is 3.44. The van der Waals surface area contributed by atoms with Gasteiger partial charge in [-0.1, -0.05) is 11.6 Å². The fourth-order valence-corrected chi connectivity index (χ4v) is 0.528. The third-order valence-electron chi connectivity index (χ3n) is 1.09. The third-order valence-corrected chi connectivity index (χ3v) is 1.45. The van der Waals surface area contributed by atoms with Crippen molar-refractivity contribution in [1.29, 1.82) is 0 Å². The molecule has 88 valence electrons. The molecule has 0 aliphatic carbocycles. The molecule has 1 unspecified atom stereocenters. The number of aliphatic hydroxyl groups excluding tert-OH is 1. The topological polar surface area (TPSA) is 165 Å². The number of hydrogen-bond donors (Lipinski definition) is 3. The lowest BCUT2D eigenvalue weighted by atomic mass is 10.3. The molecule has 12 heteroatoms. The molecule has 11 nitrogen and oxygen atoms in total. The van der Waals surface area contributed by atoms with Crippen molar-refractivity contribution in [2.45, 2.75) is 11.0 Å². The van der Waals surface area contributed by atoms with Gasteiger partial charge in [0.15, 0.2) is 0 Å². The van der Waals surface area contributed by atoms with E-state index in [1.165, 1.54) is 0 Å². The molecule has 0 fully saturated rings. The minimum atomic E-state index is -3.84. The molecule has 1 atom stereocenters. The van der Waals surface area contributed by atoms with E-state index >= 15 is 0 Å². The van der Waals surface area contributed by atoms with Gasteiger partial charge in [0.25, 0.3) is 10.2 Å². The van der Waals surface area contributed by atoms with E-state index in [1.54, 1.807) is 0 Å². The predicted molar refractivity (Wildman–Crippen MR) is 39.0 cm³/mol. The van der Waals surface area contributed by atoms with Crippen molar-refractivity contribution >= 4 is 11.6 Å². The fraction of sp³-hybridized carbons (Fsp3) is 1.00. The van der Waals surface area contributed by atoms with Crippen molar-refractivity contribution in [3.63, 3.8) is 0 Å². The Bertz CT molecular complexity index is 250. The Balaban J connectivity index is 5.00. The second-order valence-electron chi connectivity index (χ2n) is 2.13. The Morgan fingerprint density at radius 3 is 1.73 bits per heavy atom. The smallest absolute Gasteiger partial charge is 0.392 e.